The fraction of sp³-hybridized carbons (Fsp3) is 0.158. The number of hydrogen-bond donors (Lipinski definition) is 1. The van der Waals surface area contributed by atoms with Gasteiger partial charge in [-0.05, 0) is 35.9 Å². The molecule has 1 amide bonds. The number of amides is 1. The third-order valence-corrected chi connectivity index (χ3v) is 4.22. The number of methoxy groups -OCH3 is 1. The monoisotopic (exact) mass is 425 g/mol. The van der Waals surface area contributed by atoms with Crippen LogP contribution in [-0.4, -0.2) is 29.4 Å². The van der Waals surface area contributed by atoms with Crippen LogP contribution >= 0.6 is 11.6 Å². The molecule has 6 nitrogen and oxygen atoms in total. The van der Waals surface area contributed by atoms with E-state index >= 15 is 0 Å². The van der Waals surface area contributed by atoms with Crippen molar-refractivity contribution in [3.63, 3.8) is 0 Å². The molecule has 10 heteroatoms. The summed E-state index contributed by atoms with van der Waals surface area (Å²) in [6.07, 6.45) is 1.62. The maximum absolute atomic E-state index is 13.1. The Bertz CT molecular complexity index is 1030. The molecule has 2 aromatic carbocycles. The Morgan fingerprint density at radius 3 is 2.69 bits per heavy atom. The number of nitrogens with one attached hydrogen (secondary N) is 1. The van der Waals surface area contributed by atoms with Crippen molar-refractivity contribution >= 4 is 23.3 Å². The molecule has 0 fully saturated rings. The summed E-state index contributed by atoms with van der Waals surface area (Å²) in [6.45, 7) is -2.73. The number of benzene rings is 2. The zero-order chi connectivity index (χ0) is 21.0. The Labute approximate surface area is 168 Å². The molecule has 3 rings (SSSR count). The Hall–Kier alpha value is -3.20. The van der Waals surface area contributed by atoms with Crippen molar-refractivity contribution in [1.29, 1.82) is 0 Å². The third kappa shape index (κ3) is 5.20. The van der Waals surface area contributed by atoms with Gasteiger partial charge in [0.2, 0.25) is 0 Å². The summed E-state index contributed by atoms with van der Waals surface area (Å²) < 4.78 is 48.7. The largest absolute Gasteiger partial charge is 0.493 e. The number of nitrogens with zero attached hydrogens (tertiary/aromatic N) is 2. The predicted molar refractivity (Wildman–Crippen MR) is 100 cm³/mol. The molecule has 0 aliphatic heterocycles. The highest BCUT2D eigenvalue weighted by Gasteiger charge is 2.15. The molecule has 1 N–H and O–H groups in total. The van der Waals surface area contributed by atoms with Crippen LogP contribution in [0.1, 0.15) is 15.9 Å². The van der Waals surface area contributed by atoms with Crippen LogP contribution in [0.25, 0.3) is 0 Å². The first-order valence-corrected chi connectivity index (χ1v) is 8.65. The minimum atomic E-state index is -3.01. The summed E-state index contributed by atoms with van der Waals surface area (Å²) in [5.41, 5.74) is 0.827. The zero-order valence-corrected chi connectivity index (χ0v) is 15.8. The smallest absolute Gasteiger partial charge is 0.387 e. The van der Waals surface area contributed by atoms with E-state index < -0.39 is 18.3 Å². The molecule has 0 radical (unpaired) electrons. The second-order valence-corrected chi connectivity index (χ2v) is 6.24. The molecule has 0 bridgehead atoms. The van der Waals surface area contributed by atoms with E-state index in [2.05, 4.69) is 15.2 Å². The second kappa shape index (κ2) is 8.87. The molecule has 152 valence electrons. The molecule has 0 saturated carbocycles. The van der Waals surface area contributed by atoms with Gasteiger partial charge in [0.25, 0.3) is 5.91 Å². The number of aromatic nitrogens is 2. The van der Waals surface area contributed by atoms with Gasteiger partial charge in [0, 0.05) is 22.8 Å². The molecule has 3 aromatic rings. The average Bonchev–Trinajstić information content (AvgIpc) is 3.10. The van der Waals surface area contributed by atoms with Gasteiger partial charge < -0.3 is 14.8 Å². The van der Waals surface area contributed by atoms with Crippen LogP contribution in [0.15, 0.2) is 48.7 Å². The molecule has 0 atom stereocenters. The summed E-state index contributed by atoms with van der Waals surface area (Å²) in [7, 11) is 1.28. The first-order chi connectivity index (χ1) is 13.9. The molecule has 0 unspecified atom stereocenters. The number of carbonyl (C=O) groups is 1. The van der Waals surface area contributed by atoms with Crippen molar-refractivity contribution in [1.82, 2.24) is 9.78 Å². The van der Waals surface area contributed by atoms with Gasteiger partial charge >= 0.3 is 6.61 Å². The quantitative estimate of drug-likeness (QED) is 0.601. The number of hydrogen-bond acceptors (Lipinski definition) is 4. The minimum absolute atomic E-state index is 0.00516. The number of rotatable bonds is 7. The summed E-state index contributed by atoms with van der Waals surface area (Å²) in [6, 6.07) is 9.44. The maximum Gasteiger partial charge on any atom is 0.387 e. The maximum atomic E-state index is 13.1. The van der Waals surface area contributed by atoms with Crippen molar-refractivity contribution < 1.29 is 27.4 Å². The van der Waals surface area contributed by atoms with Crippen molar-refractivity contribution in [2.45, 2.75) is 13.2 Å². The lowest BCUT2D eigenvalue weighted by Gasteiger charge is -2.11. The van der Waals surface area contributed by atoms with Crippen LogP contribution < -0.4 is 14.8 Å². The molecule has 0 spiro atoms. The SMILES string of the molecule is COc1cc(C(=O)Nc2ccn(Cc3ccc(F)cc3Cl)n2)ccc1OC(F)F. The average molecular weight is 426 g/mol. The number of alkyl halides is 2. The number of carbonyl (C=O) groups excluding carboxylic acids is 1. The predicted octanol–water partition coefficient (Wildman–Crippen LogP) is 4.59. The van der Waals surface area contributed by atoms with Gasteiger partial charge in [-0.2, -0.15) is 13.9 Å². The molecular formula is C19H15ClF3N3O3. The fourth-order valence-corrected chi connectivity index (χ4v) is 2.76. The van der Waals surface area contributed by atoms with E-state index in [1.807, 2.05) is 0 Å². The summed E-state index contributed by atoms with van der Waals surface area (Å²) in [5, 5.41) is 7.07. The zero-order valence-electron chi connectivity index (χ0n) is 15.0. The summed E-state index contributed by atoms with van der Waals surface area (Å²) >= 11 is 6.00. The van der Waals surface area contributed by atoms with Gasteiger partial charge in [0.05, 0.1) is 13.7 Å². The molecule has 0 aliphatic carbocycles. The van der Waals surface area contributed by atoms with Crippen LogP contribution in [0.4, 0.5) is 19.0 Å². The van der Waals surface area contributed by atoms with Gasteiger partial charge in [0.15, 0.2) is 17.3 Å². The fourth-order valence-electron chi connectivity index (χ4n) is 2.53. The van der Waals surface area contributed by atoms with Crippen molar-refractivity contribution in [2.75, 3.05) is 12.4 Å². The molecule has 0 saturated heterocycles. The number of anilines is 1. The summed E-state index contributed by atoms with van der Waals surface area (Å²) in [4.78, 5) is 12.4. The molecule has 29 heavy (non-hydrogen) atoms. The van der Waals surface area contributed by atoms with Gasteiger partial charge in [-0.25, -0.2) is 4.39 Å². The highest BCUT2D eigenvalue weighted by Crippen LogP contribution is 2.29. The van der Waals surface area contributed by atoms with E-state index in [9.17, 15) is 18.0 Å². The van der Waals surface area contributed by atoms with Crippen molar-refractivity contribution in [3.8, 4) is 11.5 Å². The van der Waals surface area contributed by atoms with E-state index in [-0.39, 0.29) is 34.4 Å². The molecular weight excluding hydrogens is 411 g/mol. The normalized spacial score (nSPS) is 10.8. The Morgan fingerprint density at radius 2 is 2.00 bits per heavy atom. The first-order valence-electron chi connectivity index (χ1n) is 8.27. The lowest BCUT2D eigenvalue weighted by atomic mass is 10.2. The van der Waals surface area contributed by atoms with E-state index in [1.54, 1.807) is 18.3 Å². The van der Waals surface area contributed by atoms with Gasteiger partial charge in [-0.15, -0.1) is 0 Å². The molecule has 1 aromatic heterocycles. The summed E-state index contributed by atoms with van der Waals surface area (Å²) in [5.74, 6) is -0.876. The van der Waals surface area contributed by atoms with Crippen molar-refractivity contribution in [2.24, 2.45) is 0 Å². The highest BCUT2D eigenvalue weighted by molar-refractivity contribution is 6.31. The standard InChI is InChI=1S/C19H15ClF3N3O3/c1-28-16-8-11(3-5-15(16)29-19(22)23)18(27)24-17-6-7-26(25-17)10-12-2-4-13(21)9-14(12)20/h2-9,19H,10H2,1H3,(H,24,25,27). The van der Waals surface area contributed by atoms with Gasteiger partial charge in [-0.1, -0.05) is 17.7 Å². The second-order valence-electron chi connectivity index (χ2n) is 5.83. The molecule has 0 aliphatic rings. The first kappa shape index (κ1) is 20.5. The topological polar surface area (TPSA) is 65.4 Å². The van der Waals surface area contributed by atoms with Crippen LogP contribution in [0.3, 0.4) is 0 Å². The van der Waals surface area contributed by atoms with E-state index in [4.69, 9.17) is 16.3 Å². The third-order valence-electron chi connectivity index (χ3n) is 3.87. The highest BCUT2D eigenvalue weighted by atomic mass is 35.5. The Morgan fingerprint density at radius 1 is 1.21 bits per heavy atom. The van der Waals surface area contributed by atoms with E-state index in [1.165, 1.54) is 42.1 Å². The Balaban J connectivity index is 1.70. The Kier molecular flexibility index (Phi) is 6.28. The van der Waals surface area contributed by atoms with E-state index in [0.29, 0.717) is 5.56 Å². The van der Waals surface area contributed by atoms with Crippen LogP contribution in [0.5, 0.6) is 11.5 Å². The van der Waals surface area contributed by atoms with Gasteiger partial charge in [0.1, 0.15) is 5.82 Å². The van der Waals surface area contributed by atoms with E-state index in [0.717, 1.165) is 0 Å². The lowest BCUT2D eigenvalue weighted by molar-refractivity contribution is -0.0512. The molecule has 1 heterocycles. The minimum Gasteiger partial charge on any atom is -0.493 e. The van der Waals surface area contributed by atoms with Crippen LogP contribution in [0.2, 0.25) is 5.02 Å². The lowest BCUT2D eigenvalue weighted by Crippen LogP contribution is -2.13. The van der Waals surface area contributed by atoms with Crippen molar-refractivity contribution in [3.05, 3.63) is 70.6 Å². The van der Waals surface area contributed by atoms with Gasteiger partial charge in [-0.3, -0.25) is 9.48 Å². The number of ether oxygens (including phenoxy) is 2. The van der Waals surface area contributed by atoms with Crippen LogP contribution in [0, 0.1) is 5.82 Å². The van der Waals surface area contributed by atoms with Crippen LogP contribution in [-0.2, 0) is 6.54 Å². The number of halogens is 4.